The molecule has 0 spiro atoms. The second kappa shape index (κ2) is 7.21. The van der Waals surface area contributed by atoms with Gasteiger partial charge in [0.15, 0.2) is 0 Å². The molecule has 0 atom stereocenters. The molecule has 1 rings (SSSR count). The summed E-state index contributed by atoms with van der Waals surface area (Å²) in [4.78, 5) is 11.6. The van der Waals surface area contributed by atoms with Crippen LogP contribution in [0.3, 0.4) is 0 Å². The highest BCUT2D eigenvalue weighted by atomic mass is 19.1. The summed E-state index contributed by atoms with van der Waals surface area (Å²) in [5, 5.41) is 2.57. The molecule has 0 saturated carbocycles. The lowest BCUT2D eigenvalue weighted by molar-refractivity contribution is -0.121. The van der Waals surface area contributed by atoms with Crippen LogP contribution in [0.5, 0.6) is 0 Å². The van der Waals surface area contributed by atoms with Gasteiger partial charge < -0.3 is 20.5 Å². The number of carbonyl (C=O) groups excluding carboxylic acids is 1. The minimum absolute atomic E-state index is 0.0118. The molecule has 20 heavy (non-hydrogen) atoms. The summed E-state index contributed by atoms with van der Waals surface area (Å²) in [5.41, 5.74) is 5.60. The van der Waals surface area contributed by atoms with Gasteiger partial charge in [0.2, 0.25) is 5.91 Å². The zero-order chi connectivity index (χ0) is 15.2. The molecule has 0 aliphatic rings. The van der Waals surface area contributed by atoms with E-state index in [4.69, 9.17) is 15.2 Å². The average Bonchev–Trinajstić information content (AvgIpc) is 2.32. The summed E-state index contributed by atoms with van der Waals surface area (Å²) in [6.45, 7) is 6.48. The fraction of sp³-hybridized carbons (Fsp3) is 0.500. The molecule has 0 radical (unpaired) electrons. The van der Waals surface area contributed by atoms with Crippen molar-refractivity contribution in [3.8, 4) is 0 Å². The van der Waals surface area contributed by atoms with Gasteiger partial charge in [-0.15, -0.1) is 0 Å². The predicted octanol–water partition coefficient (Wildman–Crippen LogP) is 2.18. The Hall–Kier alpha value is -1.66. The Morgan fingerprint density at radius 2 is 2.05 bits per heavy atom. The Morgan fingerprint density at radius 1 is 1.35 bits per heavy atom. The van der Waals surface area contributed by atoms with Crippen molar-refractivity contribution in [3.05, 3.63) is 24.0 Å². The van der Waals surface area contributed by atoms with Gasteiger partial charge in [0, 0.05) is 5.69 Å². The van der Waals surface area contributed by atoms with Gasteiger partial charge in [0.1, 0.15) is 12.4 Å². The van der Waals surface area contributed by atoms with E-state index in [1.165, 1.54) is 18.2 Å². The number of carbonyl (C=O) groups is 1. The first-order valence-electron chi connectivity index (χ1n) is 6.34. The van der Waals surface area contributed by atoms with E-state index < -0.39 is 5.82 Å². The van der Waals surface area contributed by atoms with Crippen LogP contribution in [0.15, 0.2) is 18.2 Å². The van der Waals surface area contributed by atoms with Crippen molar-refractivity contribution >= 4 is 17.3 Å². The van der Waals surface area contributed by atoms with E-state index in [1.54, 1.807) is 0 Å². The van der Waals surface area contributed by atoms with Gasteiger partial charge in [-0.05, 0) is 39.0 Å². The van der Waals surface area contributed by atoms with Gasteiger partial charge in [-0.2, -0.15) is 0 Å². The lowest BCUT2D eigenvalue weighted by Gasteiger charge is -2.19. The van der Waals surface area contributed by atoms with E-state index >= 15 is 0 Å². The third-order valence-electron chi connectivity index (χ3n) is 2.28. The van der Waals surface area contributed by atoms with Crippen molar-refractivity contribution in [2.75, 3.05) is 30.9 Å². The molecule has 0 heterocycles. The predicted molar refractivity (Wildman–Crippen MR) is 76.0 cm³/mol. The van der Waals surface area contributed by atoms with Crippen molar-refractivity contribution in [1.29, 1.82) is 0 Å². The first-order valence-corrected chi connectivity index (χ1v) is 6.34. The number of hydrogen-bond acceptors (Lipinski definition) is 4. The lowest BCUT2D eigenvalue weighted by atomic mass is 10.2. The second-order valence-corrected chi connectivity index (χ2v) is 5.30. The van der Waals surface area contributed by atoms with Crippen LogP contribution in [0.1, 0.15) is 20.8 Å². The quantitative estimate of drug-likeness (QED) is 0.620. The molecular formula is C14H21FN2O3. The number of benzene rings is 1. The van der Waals surface area contributed by atoms with Crippen molar-refractivity contribution in [3.63, 3.8) is 0 Å². The van der Waals surface area contributed by atoms with Crippen LogP contribution in [-0.2, 0) is 14.3 Å². The Kier molecular flexibility index (Phi) is 5.91. The number of nitrogens with one attached hydrogen (secondary N) is 1. The molecule has 1 aromatic rings. The molecule has 0 saturated heterocycles. The monoisotopic (exact) mass is 284 g/mol. The van der Waals surface area contributed by atoms with Crippen molar-refractivity contribution in [2.24, 2.45) is 0 Å². The van der Waals surface area contributed by atoms with Gasteiger partial charge in [0.25, 0.3) is 0 Å². The third kappa shape index (κ3) is 6.49. The highest BCUT2D eigenvalue weighted by Gasteiger charge is 2.09. The maximum atomic E-state index is 12.9. The number of ether oxygens (including phenoxy) is 2. The molecule has 0 aliphatic carbocycles. The van der Waals surface area contributed by atoms with Gasteiger partial charge >= 0.3 is 0 Å². The van der Waals surface area contributed by atoms with Gasteiger partial charge in [0.05, 0.1) is 24.5 Å². The molecule has 5 nitrogen and oxygen atoms in total. The zero-order valence-electron chi connectivity index (χ0n) is 12.0. The summed E-state index contributed by atoms with van der Waals surface area (Å²) in [6.07, 6.45) is 0. The average molecular weight is 284 g/mol. The van der Waals surface area contributed by atoms with E-state index in [0.717, 1.165) is 0 Å². The molecule has 1 aromatic carbocycles. The number of amides is 1. The number of hydrogen-bond donors (Lipinski definition) is 2. The van der Waals surface area contributed by atoms with Crippen molar-refractivity contribution < 1.29 is 18.7 Å². The van der Waals surface area contributed by atoms with E-state index in [1.807, 2.05) is 20.8 Å². The molecule has 0 fully saturated rings. The SMILES string of the molecule is CC(C)(C)OCCOCC(=O)Nc1ccc(F)c(N)c1. The Bertz CT molecular complexity index is 458. The number of halogens is 1. The summed E-state index contributed by atoms with van der Waals surface area (Å²) in [7, 11) is 0. The normalized spacial score (nSPS) is 11.4. The topological polar surface area (TPSA) is 73.6 Å². The van der Waals surface area contributed by atoms with Crippen LogP contribution in [0, 0.1) is 5.82 Å². The van der Waals surface area contributed by atoms with E-state index in [9.17, 15) is 9.18 Å². The van der Waals surface area contributed by atoms with Crippen LogP contribution < -0.4 is 11.1 Å². The van der Waals surface area contributed by atoms with Crippen LogP contribution in [0.4, 0.5) is 15.8 Å². The van der Waals surface area contributed by atoms with Gasteiger partial charge in [-0.3, -0.25) is 4.79 Å². The highest BCUT2D eigenvalue weighted by Crippen LogP contribution is 2.16. The van der Waals surface area contributed by atoms with Crippen molar-refractivity contribution in [1.82, 2.24) is 0 Å². The Balaban J connectivity index is 2.25. The summed E-state index contributed by atoms with van der Waals surface area (Å²) in [6, 6.07) is 3.99. The van der Waals surface area contributed by atoms with E-state index in [2.05, 4.69) is 5.32 Å². The highest BCUT2D eigenvalue weighted by molar-refractivity contribution is 5.92. The molecular weight excluding hydrogens is 263 g/mol. The molecule has 0 unspecified atom stereocenters. The fourth-order valence-corrected chi connectivity index (χ4v) is 1.39. The molecule has 112 valence electrons. The molecule has 6 heteroatoms. The standard InChI is InChI=1S/C14H21FN2O3/c1-14(2,3)20-7-6-19-9-13(18)17-10-4-5-11(15)12(16)8-10/h4-5,8H,6-7,9,16H2,1-3H3,(H,17,18). The van der Waals surface area contributed by atoms with Crippen LogP contribution in [0.25, 0.3) is 0 Å². The number of anilines is 2. The maximum absolute atomic E-state index is 12.9. The number of rotatable bonds is 6. The molecule has 1 amide bonds. The van der Waals surface area contributed by atoms with E-state index in [0.29, 0.717) is 18.9 Å². The number of nitrogen functional groups attached to an aromatic ring is 1. The first kappa shape index (κ1) is 16.4. The summed E-state index contributed by atoms with van der Waals surface area (Å²) in [5.74, 6) is -0.842. The molecule has 0 aromatic heterocycles. The number of nitrogens with two attached hydrogens (primary N) is 1. The van der Waals surface area contributed by atoms with Crippen LogP contribution in [0.2, 0.25) is 0 Å². The van der Waals surface area contributed by atoms with Gasteiger partial charge in [-0.1, -0.05) is 0 Å². The van der Waals surface area contributed by atoms with E-state index in [-0.39, 0.29) is 23.8 Å². The Morgan fingerprint density at radius 3 is 2.65 bits per heavy atom. The van der Waals surface area contributed by atoms with Crippen molar-refractivity contribution in [2.45, 2.75) is 26.4 Å². The summed E-state index contributed by atoms with van der Waals surface area (Å²) < 4.78 is 23.6. The second-order valence-electron chi connectivity index (χ2n) is 5.30. The minimum Gasteiger partial charge on any atom is -0.396 e. The molecule has 0 aliphatic heterocycles. The largest absolute Gasteiger partial charge is 0.396 e. The van der Waals surface area contributed by atoms with Crippen LogP contribution >= 0.6 is 0 Å². The first-order chi connectivity index (χ1) is 9.28. The molecule has 3 N–H and O–H groups in total. The molecule has 0 bridgehead atoms. The zero-order valence-corrected chi connectivity index (χ0v) is 12.0. The maximum Gasteiger partial charge on any atom is 0.250 e. The smallest absolute Gasteiger partial charge is 0.250 e. The lowest BCUT2D eigenvalue weighted by Crippen LogP contribution is -2.24. The summed E-state index contributed by atoms with van der Waals surface area (Å²) >= 11 is 0. The Labute approximate surface area is 118 Å². The van der Waals surface area contributed by atoms with Crippen LogP contribution in [-0.4, -0.2) is 31.3 Å². The fourth-order valence-electron chi connectivity index (χ4n) is 1.39. The van der Waals surface area contributed by atoms with Gasteiger partial charge in [-0.25, -0.2) is 4.39 Å². The minimum atomic E-state index is -0.515. The third-order valence-corrected chi connectivity index (χ3v) is 2.28.